The number of nitro benzene ring substituents is 1. The molecule has 0 unspecified atom stereocenters. The number of anilines is 1. The van der Waals surface area contributed by atoms with Crippen LogP contribution < -0.4 is 14.8 Å². The van der Waals surface area contributed by atoms with Crippen LogP contribution >= 0.6 is 0 Å². The van der Waals surface area contributed by atoms with Crippen LogP contribution in [0.15, 0.2) is 36.4 Å². The number of carbonyl (C=O) groups excluding carboxylic acids is 1. The monoisotopic (exact) mass is 358 g/mol. The summed E-state index contributed by atoms with van der Waals surface area (Å²) in [6.45, 7) is 6.27. The van der Waals surface area contributed by atoms with E-state index in [1.54, 1.807) is 12.1 Å². The van der Waals surface area contributed by atoms with E-state index in [9.17, 15) is 14.9 Å². The first-order chi connectivity index (χ1) is 12.2. The largest absolute Gasteiger partial charge is 0.493 e. The molecule has 0 saturated heterocycles. The number of methoxy groups -OCH3 is 2. The number of hydrogen-bond acceptors (Lipinski definition) is 5. The molecule has 0 aliphatic heterocycles. The van der Waals surface area contributed by atoms with Crippen LogP contribution in [0.4, 0.5) is 11.4 Å². The number of amides is 1. The molecule has 0 saturated carbocycles. The molecule has 2 rings (SSSR count). The Hall–Kier alpha value is -3.09. The van der Waals surface area contributed by atoms with Crippen LogP contribution in [0.1, 0.15) is 36.7 Å². The molecule has 138 valence electrons. The first-order valence-corrected chi connectivity index (χ1v) is 7.99. The highest BCUT2D eigenvalue weighted by atomic mass is 16.6. The van der Waals surface area contributed by atoms with Crippen molar-refractivity contribution in [1.82, 2.24) is 0 Å². The summed E-state index contributed by atoms with van der Waals surface area (Å²) in [5, 5.41) is 14.0. The average molecular weight is 358 g/mol. The van der Waals surface area contributed by atoms with Gasteiger partial charge in [-0.05, 0) is 23.1 Å². The Morgan fingerprint density at radius 3 is 2.04 bits per heavy atom. The van der Waals surface area contributed by atoms with Gasteiger partial charge in [-0.15, -0.1) is 0 Å². The van der Waals surface area contributed by atoms with Gasteiger partial charge in [-0.3, -0.25) is 14.9 Å². The normalized spacial score (nSPS) is 11.0. The number of nitrogens with zero attached hydrogens (tertiary/aromatic N) is 1. The fraction of sp³-hybridized carbons (Fsp3) is 0.316. The lowest BCUT2D eigenvalue weighted by Crippen LogP contribution is -2.15. The second kappa shape index (κ2) is 7.43. The number of carbonyl (C=O) groups is 1. The number of nitrogens with one attached hydrogen (secondary N) is 1. The fourth-order valence-electron chi connectivity index (χ4n) is 2.45. The summed E-state index contributed by atoms with van der Waals surface area (Å²) in [5.41, 5.74) is 1.20. The minimum absolute atomic E-state index is 0.00925. The molecule has 0 spiro atoms. The number of nitro groups is 1. The Morgan fingerprint density at radius 2 is 1.58 bits per heavy atom. The van der Waals surface area contributed by atoms with Crippen molar-refractivity contribution in [2.75, 3.05) is 19.5 Å². The zero-order valence-corrected chi connectivity index (χ0v) is 15.5. The maximum Gasteiger partial charge on any atom is 0.286 e. The summed E-state index contributed by atoms with van der Waals surface area (Å²) >= 11 is 0. The maximum atomic E-state index is 12.6. The summed E-state index contributed by atoms with van der Waals surface area (Å²) in [4.78, 5) is 23.3. The summed E-state index contributed by atoms with van der Waals surface area (Å²) in [7, 11) is 2.77. The molecule has 0 atom stereocenters. The Kier molecular flexibility index (Phi) is 5.50. The van der Waals surface area contributed by atoms with Gasteiger partial charge in [-0.2, -0.15) is 0 Å². The van der Waals surface area contributed by atoms with Crippen LogP contribution in [-0.4, -0.2) is 25.1 Å². The van der Waals surface area contributed by atoms with Crippen LogP contribution in [0.25, 0.3) is 0 Å². The molecule has 0 aliphatic rings. The van der Waals surface area contributed by atoms with Gasteiger partial charge in [0.05, 0.1) is 25.2 Å². The van der Waals surface area contributed by atoms with Gasteiger partial charge in [-0.25, -0.2) is 0 Å². The summed E-state index contributed by atoms with van der Waals surface area (Å²) in [6, 6.07) is 9.85. The highest BCUT2D eigenvalue weighted by molar-refractivity contribution is 6.07. The van der Waals surface area contributed by atoms with E-state index in [0.717, 1.165) is 5.56 Å². The van der Waals surface area contributed by atoms with Crippen molar-refractivity contribution < 1.29 is 19.2 Å². The lowest BCUT2D eigenvalue weighted by Gasteiger charge is -2.19. The highest BCUT2D eigenvalue weighted by Gasteiger charge is 2.24. The third kappa shape index (κ3) is 4.11. The minimum atomic E-state index is -0.625. The van der Waals surface area contributed by atoms with Crippen molar-refractivity contribution in [3.05, 3.63) is 57.6 Å². The third-order valence-corrected chi connectivity index (χ3v) is 3.95. The maximum absolute atomic E-state index is 12.6. The second-order valence-corrected chi connectivity index (χ2v) is 6.76. The number of rotatable bonds is 5. The zero-order chi connectivity index (χ0) is 19.5. The van der Waals surface area contributed by atoms with Crippen molar-refractivity contribution in [1.29, 1.82) is 0 Å². The molecule has 0 radical (unpaired) electrons. The van der Waals surface area contributed by atoms with Crippen LogP contribution in [0.3, 0.4) is 0 Å². The Bertz CT molecular complexity index is 823. The standard InChI is InChI=1S/C19H22N2O5/c1-19(2,3)12-6-8-13(9-7-12)20-18(22)14-10-16(25-4)17(26-5)11-15(14)21(23)24/h6-11H,1-5H3,(H,20,22). The molecule has 7 heteroatoms. The van der Waals surface area contributed by atoms with Gasteiger partial charge in [0.25, 0.3) is 11.6 Å². The first kappa shape index (κ1) is 19.2. The van der Waals surface area contributed by atoms with E-state index in [1.165, 1.54) is 26.4 Å². The van der Waals surface area contributed by atoms with Gasteiger partial charge in [0, 0.05) is 11.8 Å². The van der Waals surface area contributed by atoms with Gasteiger partial charge in [-0.1, -0.05) is 32.9 Å². The van der Waals surface area contributed by atoms with Crippen LogP contribution in [0.2, 0.25) is 0 Å². The number of ether oxygens (including phenoxy) is 2. The molecule has 1 amide bonds. The molecular weight excluding hydrogens is 336 g/mol. The molecular formula is C19H22N2O5. The van der Waals surface area contributed by atoms with E-state index < -0.39 is 10.8 Å². The Morgan fingerprint density at radius 1 is 1.04 bits per heavy atom. The topological polar surface area (TPSA) is 90.7 Å². The van der Waals surface area contributed by atoms with E-state index in [1.807, 2.05) is 12.1 Å². The summed E-state index contributed by atoms with van der Waals surface area (Å²) < 4.78 is 10.2. The third-order valence-electron chi connectivity index (χ3n) is 3.95. The molecule has 0 bridgehead atoms. The smallest absolute Gasteiger partial charge is 0.286 e. The molecule has 0 aliphatic carbocycles. The highest BCUT2D eigenvalue weighted by Crippen LogP contribution is 2.35. The summed E-state index contributed by atoms with van der Waals surface area (Å²) in [6.07, 6.45) is 0. The van der Waals surface area contributed by atoms with Crippen LogP contribution in [-0.2, 0) is 5.41 Å². The Balaban J connectivity index is 2.35. The van der Waals surface area contributed by atoms with Gasteiger partial charge in [0.1, 0.15) is 5.56 Å². The van der Waals surface area contributed by atoms with Gasteiger partial charge >= 0.3 is 0 Å². The summed E-state index contributed by atoms with van der Waals surface area (Å²) in [5.74, 6) is -0.169. The van der Waals surface area contributed by atoms with Crippen molar-refractivity contribution >= 4 is 17.3 Å². The predicted molar refractivity (Wildman–Crippen MR) is 99.3 cm³/mol. The van der Waals surface area contributed by atoms with E-state index in [2.05, 4.69) is 26.1 Å². The molecule has 0 fully saturated rings. The average Bonchev–Trinajstić information content (AvgIpc) is 2.59. The van der Waals surface area contributed by atoms with E-state index >= 15 is 0 Å². The quantitative estimate of drug-likeness (QED) is 0.640. The van der Waals surface area contributed by atoms with Crippen LogP contribution in [0.5, 0.6) is 11.5 Å². The molecule has 7 nitrogen and oxygen atoms in total. The Labute approximate surface area is 152 Å². The van der Waals surface area contributed by atoms with E-state index in [4.69, 9.17) is 9.47 Å². The van der Waals surface area contributed by atoms with Crippen molar-refractivity contribution in [2.45, 2.75) is 26.2 Å². The van der Waals surface area contributed by atoms with Gasteiger partial charge in [0.2, 0.25) is 0 Å². The zero-order valence-electron chi connectivity index (χ0n) is 15.5. The molecule has 1 N–H and O–H groups in total. The first-order valence-electron chi connectivity index (χ1n) is 7.99. The molecule has 2 aromatic rings. The minimum Gasteiger partial charge on any atom is -0.493 e. The molecule has 0 aromatic heterocycles. The molecule has 0 heterocycles. The van der Waals surface area contributed by atoms with Crippen molar-refractivity contribution in [2.24, 2.45) is 0 Å². The SMILES string of the molecule is COc1cc(C(=O)Nc2ccc(C(C)(C)C)cc2)c([N+](=O)[O-])cc1OC. The fourth-order valence-corrected chi connectivity index (χ4v) is 2.45. The van der Waals surface area contributed by atoms with E-state index in [-0.39, 0.29) is 28.2 Å². The van der Waals surface area contributed by atoms with Crippen LogP contribution in [0, 0.1) is 10.1 Å². The second-order valence-electron chi connectivity index (χ2n) is 6.76. The number of hydrogen-bond donors (Lipinski definition) is 1. The van der Waals surface area contributed by atoms with Crippen molar-refractivity contribution in [3.63, 3.8) is 0 Å². The van der Waals surface area contributed by atoms with Crippen molar-refractivity contribution in [3.8, 4) is 11.5 Å². The van der Waals surface area contributed by atoms with Gasteiger partial charge < -0.3 is 14.8 Å². The van der Waals surface area contributed by atoms with E-state index in [0.29, 0.717) is 5.69 Å². The molecule has 2 aromatic carbocycles. The lowest BCUT2D eigenvalue weighted by atomic mass is 9.87. The van der Waals surface area contributed by atoms with Gasteiger partial charge in [0.15, 0.2) is 11.5 Å². The number of benzene rings is 2. The lowest BCUT2D eigenvalue weighted by molar-refractivity contribution is -0.385. The predicted octanol–water partition coefficient (Wildman–Crippen LogP) is 4.16. The molecule has 26 heavy (non-hydrogen) atoms.